The van der Waals surface area contributed by atoms with Crippen LogP contribution in [0.15, 0.2) is 30.3 Å². The Morgan fingerprint density at radius 1 is 1.06 bits per heavy atom. The third-order valence-electron chi connectivity index (χ3n) is 2.14. The summed E-state index contributed by atoms with van der Waals surface area (Å²) in [5.74, 6) is 0.0937. The van der Waals surface area contributed by atoms with E-state index in [0.717, 1.165) is 12.0 Å². The zero-order valence-corrected chi connectivity index (χ0v) is 9.55. The van der Waals surface area contributed by atoms with E-state index in [-0.39, 0.29) is 19.1 Å². The zero-order chi connectivity index (χ0) is 12.2. The van der Waals surface area contributed by atoms with Gasteiger partial charge >= 0.3 is 0 Å². The van der Waals surface area contributed by atoms with Gasteiger partial charge in [0.15, 0.2) is 0 Å². The molecule has 16 heavy (non-hydrogen) atoms. The van der Waals surface area contributed by atoms with Crippen molar-refractivity contribution in [1.82, 2.24) is 0 Å². The maximum Gasteiger partial charge on any atom is 0.0511 e. The summed E-state index contributed by atoms with van der Waals surface area (Å²) in [6.45, 7) is 1.44. The molecule has 0 amide bonds. The summed E-state index contributed by atoms with van der Waals surface area (Å²) in [6, 6.07) is 9.82. The molecule has 1 rings (SSSR count). The van der Waals surface area contributed by atoms with Gasteiger partial charge in [-0.2, -0.15) is 0 Å². The largest absolute Gasteiger partial charge is 0.396 e. The van der Waals surface area contributed by atoms with Crippen molar-refractivity contribution in [2.24, 2.45) is 11.5 Å². The molecule has 0 aliphatic heterocycles. The fourth-order valence-electron chi connectivity index (χ4n) is 1.13. The quantitative estimate of drug-likeness (QED) is 0.571. The van der Waals surface area contributed by atoms with E-state index in [1.807, 2.05) is 30.3 Å². The molecule has 0 spiro atoms. The van der Waals surface area contributed by atoms with E-state index < -0.39 is 0 Å². The molecule has 4 heteroatoms. The molecule has 1 aromatic rings. The summed E-state index contributed by atoms with van der Waals surface area (Å²) in [6.07, 6.45) is 0.722. The summed E-state index contributed by atoms with van der Waals surface area (Å²) < 4.78 is 0. The molecule has 0 radical (unpaired) electrons. The predicted octanol–water partition coefficient (Wildman–Crippen LogP) is 0.0487. The van der Waals surface area contributed by atoms with E-state index in [1.54, 1.807) is 0 Å². The second kappa shape index (κ2) is 10.6. The molecule has 0 bridgehead atoms. The molecule has 0 fully saturated rings. The van der Waals surface area contributed by atoms with Crippen LogP contribution in [0.3, 0.4) is 0 Å². The van der Waals surface area contributed by atoms with Gasteiger partial charge in [0.2, 0.25) is 0 Å². The van der Waals surface area contributed by atoms with Gasteiger partial charge in [0.25, 0.3) is 0 Å². The minimum Gasteiger partial charge on any atom is -0.396 e. The van der Waals surface area contributed by atoms with Crippen molar-refractivity contribution < 1.29 is 10.2 Å². The van der Waals surface area contributed by atoms with E-state index in [9.17, 15) is 0 Å². The van der Waals surface area contributed by atoms with Gasteiger partial charge in [-0.1, -0.05) is 30.3 Å². The lowest BCUT2D eigenvalue weighted by molar-refractivity contribution is 0.268. The summed E-state index contributed by atoms with van der Waals surface area (Å²) >= 11 is 0. The van der Waals surface area contributed by atoms with Crippen LogP contribution in [0, 0.1) is 0 Å². The first kappa shape index (κ1) is 15.1. The molecular formula is C12H22N2O2. The van der Waals surface area contributed by atoms with Crippen molar-refractivity contribution in [3.8, 4) is 0 Å². The van der Waals surface area contributed by atoms with Gasteiger partial charge in [0.1, 0.15) is 0 Å². The van der Waals surface area contributed by atoms with Crippen molar-refractivity contribution >= 4 is 0 Å². The van der Waals surface area contributed by atoms with Crippen LogP contribution in [-0.4, -0.2) is 36.5 Å². The lowest BCUT2D eigenvalue weighted by atomic mass is 10.0. The van der Waals surface area contributed by atoms with E-state index in [4.69, 9.17) is 21.7 Å². The van der Waals surface area contributed by atoms with Crippen LogP contribution in [0.2, 0.25) is 0 Å². The fourth-order valence-corrected chi connectivity index (χ4v) is 1.13. The Balaban J connectivity index is 0.000000385. The SMILES string of the molecule is NCC(CO)c1ccccc1.NCCCO. The van der Waals surface area contributed by atoms with Crippen molar-refractivity contribution in [2.75, 3.05) is 26.3 Å². The van der Waals surface area contributed by atoms with Gasteiger partial charge in [-0.25, -0.2) is 0 Å². The monoisotopic (exact) mass is 226 g/mol. The minimum absolute atomic E-state index is 0.0937. The lowest BCUT2D eigenvalue weighted by Gasteiger charge is -2.10. The van der Waals surface area contributed by atoms with E-state index >= 15 is 0 Å². The first-order valence-corrected chi connectivity index (χ1v) is 5.46. The number of rotatable bonds is 5. The van der Waals surface area contributed by atoms with Crippen LogP contribution in [0.25, 0.3) is 0 Å². The van der Waals surface area contributed by atoms with Gasteiger partial charge in [-0.15, -0.1) is 0 Å². The molecule has 1 unspecified atom stereocenters. The second-order valence-electron chi connectivity index (χ2n) is 3.39. The Bertz CT molecular complexity index is 236. The molecule has 4 nitrogen and oxygen atoms in total. The molecule has 0 saturated heterocycles. The number of benzene rings is 1. The fraction of sp³-hybridized carbons (Fsp3) is 0.500. The van der Waals surface area contributed by atoms with Gasteiger partial charge in [0.05, 0.1) is 6.61 Å². The molecule has 0 heterocycles. The number of hydrogen-bond donors (Lipinski definition) is 4. The molecule has 1 atom stereocenters. The van der Waals surface area contributed by atoms with E-state index in [0.29, 0.717) is 13.1 Å². The molecular weight excluding hydrogens is 204 g/mol. The predicted molar refractivity (Wildman–Crippen MR) is 66.1 cm³/mol. The molecule has 0 aliphatic rings. The van der Waals surface area contributed by atoms with Crippen molar-refractivity contribution in [3.63, 3.8) is 0 Å². The standard InChI is InChI=1S/C9H13NO.C3H9NO/c10-6-9(7-11)8-4-2-1-3-5-8;4-2-1-3-5/h1-5,9,11H,6-7,10H2;5H,1-4H2. The Labute approximate surface area is 96.9 Å². The molecule has 6 N–H and O–H groups in total. The second-order valence-corrected chi connectivity index (χ2v) is 3.39. The number of aliphatic hydroxyl groups excluding tert-OH is 2. The summed E-state index contributed by atoms with van der Waals surface area (Å²) in [4.78, 5) is 0. The average molecular weight is 226 g/mol. The van der Waals surface area contributed by atoms with Crippen LogP contribution in [0.4, 0.5) is 0 Å². The number of aliphatic hydroxyl groups is 2. The maximum absolute atomic E-state index is 8.90. The average Bonchev–Trinajstić information content (AvgIpc) is 2.34. The van der Waals surface area contributed by atoms with Crippen LogP contribution >= 0.6 is 0 Å². The Morgan fingerprint density at radius 3 is 2.00 bits per heavy atom. The Hall–Kier alpha value is -0.940. The topological polar surface area (TPSA) is 92.5 Å². The zero-order valence-electron chi connectivity index (χ0n) is 9.55. The highest BCUT2D eigenvalue weighted by Gasteiger charge is 2.05. The van der Waals surface area contributed by atoms with Crippen molar-refractivity contribution in [1.29, 1.82) is 0 Å². The highest BCUT2D eigenvalue weighted by Crippen LogP contribution is 2.12. The lowest BCUT2D eigenvalue weighted by Crippen LogP contribution is -2.15. The van der Waals surface area contributed by atoms with Crippen LogP contribution in [-0.2, 0) is 0 Å². The van der Waals surface area contributed by atoms with Gasteiger partial charge < -0.3 is 21.7 Å². The minimum atomic E-state index is 0.0937. The molecule has 1 aromatic carbocycles. The normalized spacial score (nSPS) is 11.5. The number of nitrogens with two attached hydrogens (primary N) is 2. The first-order chi connectivity index (χ1) is 7.79. The van der Waals surface area contributed by atoms with Crippen LogP contribution in [0.1, 0.15) is 17.9 Å². The van der Waals surface area contributed by atoms with Crippen molar-refractivity contribution in [2.45, 2.75) is 12.3 Å². The third kappa shape index (κ3) is 6.53. The number of hydrogen-bond acceptors (Lipinski definition) is 4. The smallest absolute Gasteiger partial charge is 0.0511 e. The summed E-state index contributed by atoms with van der Waals surface area (Å²) in [7, 11) is 0. The molecule has 0 saturated carbocycles. The highest BCUT2D eigenvalue weighted by molar-refractivity contribution is 5.19. The summed E-state index contributed by atoms with van der Waals surface area (Å²) in [5.41, 5.74) is 11.5. The van der Waals surface area contributed by atoms with Crippen LogP contribution < -0.4 is 11.5 Å². The van der Waals surface area contributed by atoms with E-state index in [2.05, 4.69) is 0 Å². The van der Waals surface area contributed by atoms with E-state index in [1.165, 1.54) is 0 Å². The van der Waals surface area contributed by atoms with Gasteiger partial charge in [-0.3, -0.25) is 0 Å². The third-order valence-corrected chi connectivity index (χ3v) is 2.14. The van der Waals surface area contributed by atoms with Crippen LogP contribution in [0.5, 0.6) is 0 Å². The van der Waals surface area contributed by atoms with Gasteiger partial charge in [-0.05, 0) is 18.5 Å². The highest BCUT2D eigenvalue weighted by atomic mass is 16.3. The molecule has 0 aliphatic carbocycles. The maximum atomic E-state index is 8.90. The van der Waals surface area contributed by atoms with Gasteiger partial charge in [0, 0.05) is 19.1 Å². The molecule has 92 valence electrons. The summed E-state index contributed by atoms with van der Waals surface area (Å²) in [5, 5.41) is 16.9. The van der Waals surface area contributed by atoms with Crippen molar-refractivity contribution in [3.05, 3.63) is 35.9 Å². The Morgan fingerprint density at radius 2 is 1.69 bits per heavy atom. The molecule has 0 aromatic heterocycles. The Kier molecular flexibility index (Phi) is 9.95. The first-order valence-electron chi connectivity index (χ1n) is 5.46.